The Morgan fingerprint density at radius 2 is 1.95 bits per heavy atom. The maximum atomic E-state index is 13.0. The fourth-order valence-corrected chi connectivity index (χ4v) is 1.82. The zero-order chi connectivity index (χ0) is 15.2. The van der Waals surface area contributed by atoms with Crippen molar-refractivity contribution in [2.45, 2.75) is 13.5 Å². The highest BCUT2D eigenvalue weighted by Crippen LogP contribution is 2.17. The summed E-state index contributed by atoms with van der Waals surface area (Å²) >= 11 is 0. The number of halogens is 1. The molecule has 108 valence electrons. The molecule has 0 aliphatic carbocycles. The van der Waals surface area contributed by atoms with Crippen LogP contribution in [0.5, 0.6) is 5.75 Å². The van der Waals surface area contributed by atoms with Crippen LogP contribution in [0.25, 0.3) is 6.08 Å². The molecule has 2 aromatic rings. The SMILES string of the molecule is Cc1cc(F)ccc1COc1ccc(/C=C/C(=O)O)cc1. The molecular formula is C17H15FO3. The average molecular weight is 286 g/mol. The molecule has 0 heterocycles. The lowest BCUT2D eigenvalue weighted by molar-refractivity contribution is -0.131. The van der Waals surface area contributed by atoms with Gasteiger partial charge in [-0.05, 0) is 54.0 Å². The molecule has 0 radical (unpaired) electrons. The standard InChI is InChI=1S/C17H15FO3/c1-12-10-15(18)6-5-14(12)11-21-16-7-2-13(3-8-16)4-9-17(19)20/h2-10H,11H2,1H3,(H,19,20)/b9-4+. The van der Waals surface area contributed by atoms with Crippen molar-refractivity contribution in [3.05, 3.63) is 71.0 Å². The molecular weight excluding hydrogens is 271 g/mol. The Bertz CT molecular complexity index is 660. The molecule has 2 aromatic carbocycles. The number of hydrogen-bond acceptors (Lipinski definition) is 2. The summed E-state index contributed by atoms with van der Waals surface area (Å²) in [4.78, 5) is 10.4. The van der Waals surface area contributed by atoms with Gasteiger partial charge in [0, 0.05) is 6.08 Å². The van der Waals surface area contributed by atoms with Crippen LogP contribution < -0.4 is 4.74 Å². The first-order valence-electron chi connectivity index (χ1n) is 6.43. The van der Waals surface area contributed by atoms with Gasteiger partial charge in [-0.1, -0.05) is 18.2 Å². The lowest BCUT2D eigenvalue weighted by atomic mass is 10.1. The van der Waals surface area contributed by atoms with E-state index in [1.165, 1.54) is 18.2 Å². The monoisotopic (exact) mass is 286 g/mol. The predicted octanol–water partition coefficient (Wildman–Crippen LogP) is 3.81. The van der Waals surface area contributed by atoms with Gasteiger partial charge in [0.05, 0.1) is 0 Å². The first-order valence-corrected chi connectivity index (χ1v) is 6.43. The lowest BCUT2D eigenvalue weighted by Gasteiger charge is -2.09. The van der Waals surface area contributed by atoms with Crippen LogP contribution in [0.2, 0.25) is 0 Å². The number of carbonyl (C=O) groups is 1. The van der Waals surface area contributed by atoms with Gasteiger partial charge < -0.3 is 9.84 Å². The zero-order valence-electron chi connectivity index (χ0n) is 11.5. The van der Waals surface area contributed by atoms with Crippen molar-refractivity contribution >= 4 is 12.0 Å². The summed E-state index contributed by atoms with van der Waals surface area (Å²) < 4.78 is 18.6. The fraction of sp³-hybridized carbons (Fsp3) is 0.118. The number of hydrogen-bond donors (Lipinski definition) is 1. The molecule has 3 nitrogen and oxygen atoms in total. The summed E-state index contributed by atoms with van der Waals surface area (Å²) in [6, 6.07) is 11.7. The molecule has 0 aliphatic rings. The van der Waals surface area contributed by atoms with E-state index in [0.29, 0.717) is 12.4 Å². The number of carboxylic acids is 1. The van der Waals surface area contributed by atoms with Gasteiger partial charge in [-0.15, -0.1) is 0 Å². The minimum Gasteiger partial charge on any atom is -0.489 e. The Morgan fingerprint density at radius 3 is 2.57 bits per heavy atom. The molecule has 4 heteroatoms. The van der Waals surface area contributed by atoms with E-state index >= 15 is 0 Å². The van der Waals surface area contributed by atoms with Crippen LogP contribution in [0.1, 0.15) is 16.7 Å². The average Bonchev–Trinajstić information content (AvgIpc) is 2.45. The Balaban J connectivity index is 1.99. The molecule has 0 unspecified atom stereocenters. The minimum absolute atomic E-state index is 0.258. The van der Waals surface area contributed by atoms with E-state index in [9.17, 15) is 9.18 Å². The second kappa shape index (κ2) is 6.70. The van der Waals surface area contributed by atoms with E-state index in [4.69, 9.17) is 9.84 Å². The zero-order valence-corrected chi connectivity index (χ0v) is 11.5. The van der Waals surface area contributed by atoms with E-state index in [0.717, 1.165) is 22.8 Å². The van der Waals surface area contributed by atoms with Crippen molar-refractivity contribution < 1.29 is 19.0 Å². The third kappa shape index (κ3) is 4.45. The minimum atomic E-state index is -0.984. The number of aliphatic carboxylic acids is 1. The summed E-state index contributed by atoms with van der Waals surface area (Å²) in [5, 5.41) is 8.55. The molecule has 1 N–H and O–H groups in total. The second-order valence-corrected chi connectivity index (χ2v) is 4.60. The summed E-state index contributed by atoms with van der Waals surface area (Å²) in [6.45, 7) is 2.19. The quantitative estimate of drug-likeness (QED) is 0.850. The topological polar surface area (TPSA) is 46.5 Å². The van der Waals surface area contributed by atoms with E-state index in [1.54, 1.807) is 30.3 Å². The molecule has 0 atom stereocenters. The number of aryl methyl sites for hydroxylation is 1. The number of rotatable bonds is 5. The summed E-state index contributed by atoms with van der Waals surface area (Å²) in [5.74, 6) is -0.570. The van der Waals surface area contributed by atoms with Crippen molar-refractivity contribution in [3.63, 3.8) is 0 Å². The van der Waals surface area contributed by atoms with Crippen molar-refractivity contribution in [3.8, 4) is 5.75 Å². The van der Waals surface area contributed by atoms with Crippen LogP contribution in [-0.2, 0) is 11.4 Å². The summed E-state index contributed by atoms with van der Waals surface area (Å²) in [7, 11) is 0. The highest BCUT2D eigenvalue weighted by atomic mass is 19.1. The van der Waals surface area contributed by atoms with E-state index in [1.807, 2.05) is 6.92 Å². The number of benzene rings is 2. The van der Waals surface area contributed by atoms with E-state index in [-0.39, 0.29) is 5.82 Å². The van der Waals surface area contributed by atoms with Gasteiger partial charge in [0.15, 0.2) is 0 Å². The highest BCUT2D eigenvalue weighted by Gasteiger charge is 2.01. The van der Waals surface area contributed by atoms with Gasteiger partial charge in [0.1, 0.15) is 18.2 Å². The Kier molecular flexibility index (Phi) is 4.72. The summed E-state index contributed by atoms with van der Waals surface area (Å²) in [6.07, 6.45) is 2.59. The molecule has 0 aliphatic heterocycles. The smallest absolute Gasteiger partial charge is 0.328 e. The molecule has 2 rings (SSSR count). The molecule has 0 aromatic heterocycles. The number of ether oxygens (including phenoxy) is 1. The molecule has 0 amide bonds. The van der Waals surface area contributed by atoms with Gasteiger partial charge in [0.2, 0.25) is 0 Å². The van der Waals surface area contributed by atoms with E-state index < -0.39 is 5.97 Å². The van der Waals surface area contributed by atoms with E-state index in [2.05, 4.69) is 0 Å². The van der Waals surface area contributed by atoms with Gasteiger partial charge >= 0.3 is 5.97 Å². The van der Waals surface area contributed by atoms with Crippen LogP contribution in [0.3, 0.4) is 0 Å². The lowest BCUT2D eigenvalue weighted by Crippen LogP contribution is -1.98. The van der Waals surface area contributed by atoms with Crippen LogP contribution in [0.15, 0.2) is 48.5 Å². The molecule has 0 saturated heterocycles. The van der Waals surface area contributed by atoms with Gasteiger partial charge in [-0.25, -0.2) is 9.18 Å². The molecule has 0 spiro atoms. The maximum absolute atomic E-state index is 13.0. The Morgan fingerprint density at radius 1 is 1.24 bits per heavy atom. The second-order valence-electron chi connectivity index (χ2n) is 4.60. The molecule has 0 bridgehead atoms. The first-order chi connectivity index (χ1) is 10.0. The fourth-order valence-electron chi connectivity index (χ4n) is 1.82. The number of carboxylic acid groups (broad SMARTS) is 1. The summed E-state index contributed by atoms with van der Waals surface area (Å²) in [5.41, 5.74) is 2.55. The molecule has 21 heavy (non-hydrogen) atoms. The Labute approximate surface area is 122 Å². The third-order valence-corrected chi connectivity index (χ3v) is 3.00. The van der Waals surface area contributed by atoms with Crippen molar-refractivity contribution in [1.82, 2.24) is 0 Å². The van der Waals surface area contributed by atoms with Gasteiger partial charge in [-0.2, -0.15) is 0 Å². The van der Waals surface area contributed by atoms with Crippen LogP contribution in [0, 0.1) is 12.7 Å². The predicted molar refractivity (Wildman–Crippen MR) is 78.6 cm³/mol. The van der Waals surface area contributed by atoms with Gasteiger partial charge in [-0.3, -0.25) is 0 Å². The Hall–Kier alpha value is -2.62. The van der Waals surface area contributed by atoms with Crippen LogP contribution >= 0.6 is 0 Å². The molecule has 0 saturated carbocycles. The normalized spacial score (nSPS) is 10.8. The maximum Gasteiger partial charge on any atom is 0.328 e. The highest BCUT2D eigenvalue weighted by molar-refractivity contribution is 5.85. The van der Waals surface area contributed by atoms with Crippen LogP contribution in [-0.4, -0.2) is 11.1 Å². The third-order valence-electron chi connectivity index (χ3n) is 3.00. The first kappa shape index (κ1) is 14.8. The van der Waals surface area contributed by atoms with Crippen molar-refractivity contribution in [1.29, 1.82) is 0 Å². The van der Waals surface area contributed by atoms with Crippen molar-refractivity contribution in [2.75, 3.05) is 0 Å². The molecule has 0 fully saturated rings. The van der Waals surface area contributed by atoms with Crippen LogP contribution in [0.4, 0.5) is 4.39 Å². The largest absolute Gasteiger partial charge is 0.489 e. The van der Waals surface area contributed by atoms with Gasteiger partial charge in [0.25, 0.3) is 0 Å². The van der Waals surface area contributed by atoms with Crippen molar-refractivity contribution in [2.24, 2.45) is 0 Å².